The van der Waals surface area contributed by atoms with Crippen molar-refractivity contribution in [3.05, 3.63) is 72.8 Å². The molecule has 5 nitrogen and oxygen atoms in total. The molecular weight excluding hydrogens is 346 g/mol. The number of hydrogen-bond acceptors (Lipinski definition) is 5. The molecule has 1 amide bonds. The highest BCUT2D eigenvalue weighted by Gasteiger charge is 2.12. The van der Waals surface area contributed by atoms with Gasteiger partial charge in [0, 0.05) is 11.3 Å². The second kappa shape index (κ2) is 7.41. The predicted octanol–water partition coefficient (Wildman–Crippen LogP) is 4.62. The van der Waals surface area contributed by atoms with E-state index in [-0.39, 0.29) is 11.7 Å². The zero-order chi connectivity index (χ0) is 17.8. The van der Waals surface area contributed by atoms with Crippen LogP contribution >= 0.6 is 11.8 Å². The summed E-state index contributed by atoms with van der Waals surface area (Å²) in [5.41, 5.74) is 1.62. The molecule has 3 aromatic carbocycles. The Labute approximate surface area is 154 Å². The van der Waals surface area contributed by atoms with Crippen molar-refractivity contribution >= 4 is 34.1 Å². The second-order valence-corrected chi connectivity index (χ2v) is 6.56. The van der Waals surface area contributed by atoms with Crippen LogP contribution in [0, 0.1) is 0 Å². The van der Waals surface area contributed by atoms with Crippen LogP contribution in [-0.4, -0.2) is 21.9 Å². The number of nitrogens with zero attached hydrogens (tertiary/aromatic N) is 2. The summed E-state index contributed by atoms with van der Waals surface area (Å²) in [4.78, 5) is 12.0. The van der Waals surface area contributed by atoms with Crippen molar-refractivity contribution in [1.82, 2.24) is 10.2 Å². The monoisotopic (exact) mass is 361 g/mol. The number of hydrogen-bond donors (Lipinski definition) is 1. The molecule has 0 aliphatic rings. The van der Waals surface area contributed by atoms with Gasteiger partial charge in [-0.05, 0) is 35.0 Å². The Balaban J connectivity index is 1.41. The molecule has 0 aliphatic carbocycles. The molecule has 1 aromatic heterocycles. The highest BCUT2D eigenvalue weighted by atomic mass is 32.2. The number of rotatable bonds is 5. The number of nitrogens with one attached hydrogen (secondary N) is 1. The lowest BCUT2D eigenvalue weighted by atomic mass is 10.1. The summed E-state index contributed by atoms with van der Waals surface area (Å²) < 4.78 is 5.68. The van der Waals surface area contributed by atoms with Crippen LogP contribution in [0.4, 0.5) is 5.69 Å². The van der Waals surface area contributed by atoms with Gasteiger partial charge in [-0.15, -0.1) is 10.2 Å². The Kier molecular flexibility index (Phi) is 4.66. The van der Waals surface area contributed by atoms with E-state index in [1.54, 1.807) is 0 Å². The van der Waals surface area contributed by atoms with Crippen LogP contribution in [-0.2, 0) is 4.79 Å². The molecule has 0 saturated heterocycles. The van der Waals surface area contributed by atoms with Gasteiger partial charge in [0.2, 0.25) is 11.8 Å². The van der Waals surface area contributed by atoms with Crippen LogP contribution in [0.25, 0.3) is 22.2 Å². The largest absolute Gasteiger partial charge is 0.411 e. The maximum absolute atomic E-state index is 12.0. The smallest absolute Gasteiger partial charge is 0.277 e. The zero-order valence-corrected chi connectivity index (χ0v) is 14.6. The Morgan fingerprint density at radius 1 is 0.923 bits per heavy atom. The van der Waals surface area contributed by atoms with Gasteiger partial charge in [0.1, 0.15) is 0 Å². The van der Waals surface area contributed by atoms with Crippen molar-refractivity contribution in [3.8, 4) is 11.5 Å². The first-order chi connectivity index (χ1) is 12.8. The number of benzene rings is 3. The third-order valence-electron chi connectivity index (χ3n) is 3.79. The highest BCUT2D eigenvalue weighted by Crippen LogP contribution is 2.26. The fourth-order valence-corrected chi connectivity index (χ4v) is 3.12. The topological polar surface area (TPSA) is 68.0 Å². The van der Waals surface area contributed by atoms with Gasteiger partial charge in [0.05, 0.1) is 5.75 Å². The first-order valence-corrected chi connectivity index (χ1v) is 9.07. The molecule has 0 bridgehead atoms. The van der Waals surface area contributed by atoms with E-state index in [9.17, 15) is 4.79 Å². The van der Waals surface area contributed by atoms with E-state index in [4.69, 9.17) is 4.42 Å². The van der Waals surface area contributed by atoms with E-state index in [0.29, 0.717) is 11.1 Å². The van der Waals surface area contributed by atoms with Crippen LogP contribution in [0.2, 0.25) is 0 Å². The van der Waals surface area contributed by atoms with Crippen LogP contribution in [0.3, 0.4) is 0 Å². The lowest BCUT2D eigenvalue weighted by Crippen LogP contribution is -2.13. The molecule has 0 unspecified atom stereocenters. The maximum Gasteiger partial charge on any atom is 0.277 e. The molecule has 0 spiro atoms. The summed E-state index contributed by atoms with van der Waals surface area (Å²) in [5.74, 6) is 0.530. The molecule has 4 rings (SSSR count). The van der Waals surface area contributed by atoms with Crippen LogP contribution in [0.15, 0.2) is 82.4 Å². The minimum atomic E-state index is -0.119. The van der Waals surface area contributed by atoms with E-state index < -0.39 is 0 Å². The molecule has 0 fully saturated rings. The molecule has 1 N–H and O–H groups in total. The molecule has 0 aliphatic heterocycles. The lowest BCUT2D eigenvalue weighted by Gasteiger charge is -2.02. The molecule has 0 saturated carbocycles. The van der Waals surface area contributed by atoms with Gasteiger partial charge >= 0.3 is 0 Å². The van der Waals surface area contributed by atoms with Gasteiger partial charge in [-0.2, -0.15) is 0 Å². The molecule has 26 heavy (non-hydrogen) atoms. The van der Waals surface area contributed by atoms with Gasteiger partial charge in [-0.3, -0.25) is 4.79 Å². The summed E-state index contributed by atoms with van der Waals surface area (Å²) in [6.45, 7) is 0. The number of aromatic nitrogens is 2. The first-order valence-electron chi connectivity index (χ1n) is 8.08. The molecular formula is C20H15N3O2S. The van der Waals surface area contributed by atoms with E-state index in [2.05, 4.69) is 21.6 Å². The summed E-state index contributed by atoms with van der Waals surface area (Å²) in [5, 5.41) is 13.6. The van der Waals surface area contributed by atoms with Crippen LogP contribution in [0.1, 0.15) is 0 Å². The Bertz CT molecular complexity index is 1050. The van der Waals surface area contributed by atoms with Crippen molar-refractivity contribution in [1.29, 1.82) is 0 Å². The Hall–Kier alpha value is -3.12. The van der Waals surface area contributed by atoms with Crippen molar-refractivity contribution in [3.63, 3.8) is 0 Å². The molecule has 1 heterocycles. The number of thioether (sulfide) groups is 1. The second-order valence-electron chi connectivity index (χ2n) is 5.64. The third-order valence-corrected chi connectivity index (χ3v) is 4.61. The summed E-state index contributed by atoms with van der Waals surface area (Å²) in [6, 6.07) is 23.4. The van der Waals surface area contributed by atoms with Crippen molar-refractivity contribution in [2.24, 2.45) is 0 Å². The normalized spacial score (nSPS) is 10.8. The standard InChI is InChI=1S/C20H15N3O2S/c24-18(21-17-8-2-1-3-9-17)13-26-20-23-22-19(25-20)16-11-10-14-6-4-5-7-15(14)12-16/h1-12H,13H2,(H,21,24). The van der Waals surface area contributed by atoms with E-state index in [0.717, 1.165) is 22.0 Å². The number of fused-ring (bicyclic) bond motifs is 1. The predicted molar refractivity (Wildman–Crippen MR) is 103 cm³/mol. The number of amides is 1. The number of anilines is 1. The van der Waals surface area contributed by atoms with Gasteiger partial charge in [-0.25, -0.2) is 0 Å². The molecule has 128 valence electrons. The molecule has 0 radical (unpaired) electrons. The minimum Gasteiger partial charge on any atom is -0.411 e. The third kappa shape index (κ3) is 3.75. The van der Waals surface area contributed by atoms with Crippen molar-refractivity contribution < 1.29 is 9.21 Å². The van der Waals surface area contributed by atoms with Crippen LogP contribution in [0.5, 0.6) is 0 Å². The summed E-state index contributed by atoms with van der Waals surface area (Å²) >= 11 is 1.21. The van der Waals surface area contributed by atoms with Gasteiger partial charge in [0.25, 0.3) is 5.22 Å². The van der Waals surface area contributed by atoms with Crippen molar-refractivity contribution in [2.45, 2.75) is 5.22 Å². The fraction of sp³-hybridized carbons (Fsp3) is 0.0500. The van der Waals surface area contributed by atoms with Gasteiger partial charge in [0.15, 0.2) is 0 Å². The van der Waals surface area contributed by atoms with Gasteiger partial charge < -0.3 is 9.73 Å². The number of carbonyl (C=O) groups is 1. The van der Waals surface area contributed by atoms with E-state index in [1.807, 2.05) is 66.7 Å². The summed E-state index contributed by atoms with van der Waals surface area (Å²) in [7, 11) is 0. The average Bonchev–Trinajstić information content (AvgIpc) is 3.16. The van der Waals surface area contributed by atoms with E-state index in [1.165, 1.54) is 11.8 Å². The SMILES string of the molecule is O=C(CSc1nnc(-c2ccc3ccccc3c2)o1)Nc1ccccc1. The number of para-hydroxylation sites is 1. The van der Waals surface area contributed by atoms with Gasteiger partial charge in [-0.1, -0.05) is 60.3 Å². The Morgan fingerprint density at radius 3 is 2.54 bits per heavy atom. The van der Waals surface area contributed by atoms with Crippen molar-refractivity contribution in [2.75, 3.05) is 11.1 Å². The summed E-state index contributed by atoms with van der Waals surface area (Å²) in [6.07, 6.45) is 0. The maximum atomic E-state index is 12.0. The Morgan fingerprint density at radius 2 is 1.69 bits per heavy atom. The first kappa shape index (κ1) is 16.4. The molecule has 6 heteroatoms. The molecule has 4 aromatic rings. The minimum absolute atomic E-state index is 0.119. The highest BCUT2D eigenvalue weighted by molar-refractivity contribution is 7.99. The lowest BCUT2D eigenvalue weighted by molar-refractivity contribution is -0.113. The van der Waals surface area contributed by atoms with Crippen LogP contribution < -0.4 is 5.32 Å². The average molecular weight is 361 g/mol. The molecule has 0 atom stereocenters. The quantitative estimate of drug-likeness (QED) is 0.525. The van der Waals surface area contributed by atoms with E-state index >= 15 is 0 Å². The zero-order valence-electron chi connectivity index (χ0n) is 13.8. The number of carbonyl (C=O) groups excluding carboxylic acids is 1. The fourth-order valence-electron chi connectivity index (χ4n) is 2.55.